The smallest absolute Gasteiger partial charge is 0.356 e. The SMILES string of the molecule is CCOC(=O)c1cc(-c2ccc(OC)cc2)cc(CO)n1. The third kappa shape index (κ3) is 3.58. The van der Waals surface area contributed by atoms with Crippen LogP contribution in [-0.2, 0) is 11.3 Å². The maximum atomic E-state index is 11.8. The number of nitrogens with zero attached hydrogens (tertiary/aromatic N) is 1. The second kappa shape index (κ2) is 6.85. The average molecular weight is 287 g/mol. The minimum atomic E-state index is -0.498. The molecule has 0 atom stereocenters. The first-order valence-corrected chi connectivity index (χ1v) is 6.61. The molecule has 5 heteroatoms. The van der Waals surface area contributed by atoms with Crippen LogP contribution >= 0.6 is 0 Å². The van der Waals surface area contributed by atoms with E-state index in [1.54, 1.807) is 26.2 Å². The van der Waals surface area contributed by atoms with Crippen molar-refractivity contribution < 1.29 is 19.4 Å². The van der Waals surface area contributed by atoms with E-state index < -0.39 is 5.97 Å². The highest BCUT2D eigenvalue weighted by Gasteiger charge is 2.12. The lowest BCUT2D eigenvalue weighted by atomic mass is 10.0. The third-order valence-electron chi connectivity index (χ3n) is 2.95. The first-order valence-electron chi connectivity index (χ1n) is 6.61. The minimum Gasteiger partial charge on any atom is -0.497 e. The van der Waals surface area contributed by atoms with Gasteiger partial charge in [0.2, 0.25) is 0 Å². The van der Waals surface area contributed by atoms with Crippen LogP contribution in [0.1, 0.15) is 23.1 Å². The molecule has 110 valence electrons. The highest BCUT2D eigenvalue weighted by atomic mass is 16.5. The Kier molecular flexibility index (Phi) is 4.90. The Morgan fingerprint density at radius 1 is 1.19 bits per heavy atom. The summed E-state index contributed by atoms with van der Waals surface area (Å²) in [6, 6.07) is 10.8. The molecule has 0 fully saturated rings. The third-order valence-corrected chi connectivity index (χ3v) is 2.95. The Labute approximate surface area is 123 Å². The summed E-state index contributed by atoms with van der Waals surface area (Å²) in [5, 5.41) is 9.29. The van der Waals surface area contributed by atoms with Crippen LogP contribution in [0.5, 0.6) is 5.75 Å². The lowest BCUT2D eigenvalue weighted by Gasteiger charge is -2.08. The number of aromatic nitrogens is 1. The molecule has 0 radical (unpaired) electrons. The first-order chi connectivity index (χ1) is 10.2. The molecule has 2 rings (SSSR count). The van der Waals surface area contributed by atoms with Gasteiger partial charge in [0.15, 0.2) is 0 Å². The van der Waals surface area contributed by atoms with Crippen LogP contribution in [0.15, 0.2) is 36.4 Å². The van der Waals surface area contributed by atoms with Gasteiger partial charge in [-0.2, -0.15) is 0 Å². The number of esters is 1. The van der Waals surface area contributed by atoms with E-state index in [4.69, 9.17) is 9.47 Å². The molecule has 0 saturated heterocycles. The molecule has 0 saturated carbocycles. The minimum absolute atomic E-state index is 0.189. The topological polar surface area (TPSA) is 68.7 Å². The van der Waals surface area contributed by atoms with Crippen LogP contribution in [0.2, 0.25) is 0 Å². The van der Waals surface area contributed by atoms with Crippen LogP contribution < -0.4 is 4.74 Å². The van der Waals surface area contributed by atoms with Crippen molar-refractivity contribution in [3.8, 4) is 16.9 Å². The number of ether oxygens (including phenoxy) is 2. The number of aliphatic hydroxyl groups excluding tert-OH is 1. The standard InChI is InChI=1S/C16H17NO4/c1-3-21-16(19)15-9-12(8-13(10-18)17-15)11-4-6-14(20-2)7-5-11/h4-9,18H,3,10H2,1-2H3. The summed E-state index contributed by atoms with van der Waals surface area (Å²) in [5.41, 5.74) is 2.30. The highest BCUT2D eigenvalue weighted by molar-refractivity contribution is 5.89. The maximum absolute atomic E-state index is 11.8. The molecule has 0 aliphatic heterocycles. The summed E-state index contributed by atoms with van der Waals surface area (Å²) in [5.74, 6) is 0.253. The van der Waals surface area contributed by atoms with Gasteiger partial charge in [0.25, 0.3) is 0 Å². The van der Waals surface area contributed by atoms with Gasteiger partial charge >= 0.3 is 5.97 Å². The zero-order valence-electron chi connectivity index (χ0n) is 12.0. The number of hydrogen-bond donors (Lipinski definition) is 1. The molecule has 0 aliphatic rings. The normalized spacial score (nSPS) is 10.2. The van der Waals surface area contributed by atoms with Crippen molar-refractivity contribution in [2.45, 2.75) is 13.5 Å². The molecule has 5 nitrogen and oxygen atoms in total. The van der Waals surface area contributed by atoms with Crippen molar-refractivity contribution >= 4 is 5.97 Å². The zero-order valence-corrected chi connectivity index (χ0v) is 12.0. The van der Waals surface area contributed by atoms with Gasteiger partial charge in [-0.05, 0) is 42.3 Å². The van der Waals surface area contributed by atoms with Crippen molar-refractivity contribution in [3.05, 3.63) is 47.8 Å². The number of pyridine rings is 1. The van der Waals surface area contributed by atoms with E-state index in [0.29, 0.717) is 5.69 Å². The van der Waals surface area contributed by atoms with E-state index in [2.05, 4.69) is 4.98 Å². The molecule has 0 amide bonds. The van der Waals surface area contributed by atoms with Gasteiger partial charge in [0.1, 0.15) is 11.4 Å². The lowest BCUT2D eigenvalue weighted by Crippen LogP contribution is -2.09. The fourth-order valence-corrected chi connectivity index (χ4v) is 1.93. The number of rotatable bonds is 5. The van der Waals surface area contributed by atoms with Gasteiger partial charge in [-0.25, -0.2) is 9.78 Å². The van der Waals surface area contributed by atoms with Crippen LogP contribution in [0.25, 0.3) is 11.1 Å². The monoisotopic (exact) mass is 287 g/mol. The number of benzene rings is 1. The number of carbonyl (C=O) groups is 1. The van der Waals surface area contributed by atoms with Crippen LogP contribution in [-0.4, -0.2) is 29.8 Å². The van der Waals surface area contributed by atoms with Crippen molar-refractivity contribution in [3.63, 3.8) is 0 Å². The van der Waals surface area contributed by atoms with Crippen molar-refractivity contribution in [2.75, 3.05) is 13.7 Å². The van der Waals surface area contributed by atoms with E-state index in [0.717, 1.165) is 16.9 Å². The predicted octanol–water partition coefficient (Wildman–Crippen LogP) is 2.43. The fourth-order valence-electron chi connectivity index (χ4n) is 1.93. The predicted molar refractivity (Wildman–Crippen MR) is 78.1 cm³/mol. The molecule has 0 bridgehead atoms. The van der Waals surface area contributed by atoms with Crippen LogP contribution in [0.3, 0.4) is 0 Å². The summed E-state index contributed by atoms with van der Waals surface area (Å²) in [4.78, 5) is 15.9. The molecule has 0 spiro atoms. The van der Waals surface area contributed by atoms with E-state index in [1.807, 2.05) is 24.3 Å². The quantitative estimate of drug-likeness (QED) is 0.855. The Bertz CT molecular complexity index is 623. The van der Waals surface area contributed by atoms with Gasteiger partial charge < -0.3 is 14.6 Å². The lowest BCUT2D eigenvalue weighted by molar-refractivity contribution is 0.0519. The molecule has 1 heterocycles. The maximum Gasteiger partial charge on any atom is 0.356 e. The van der Waals surface area contributed by atoms with Crippen molar-refractivity contribution in [1.29, 1.82) is 0 Å². The van der Waals surface area contributed by atoms with E-state index >= 15 is 0 Å². The molecular formula is C16H17NO4. The van der Waals surface area contributed by atoms with Gasteiger partial charge in [-0.3, -0.25) is 0 Å². The molecule has 1 aromatic carbocycles. The molecule has 21 heavy (non-hydrogen) atoms. The molecular weight excluding hydrogens is 270 g/mol. The molecule has 2 aromatic rings. The number of carbonyl (C=O) groups excluding carboxylic acids is 1. The van der Waals surface area contributed by atoms with Gasteiger partial charge in [0, 0.05) is 0 Å². The summed E-state index contributed by atoms with van der Waals surface area (Å²) < 4.78 is 10.1. The molecule has 1 N–H and O–H groups in total. The summed E-state index contributed by atoms with van der Waals surface area (Å²) in [7, 11) is 1.60. The highest BCUT2D eigenvalue weighted by Crippen LogP contribution is 2.24. The van der Waals surface area contributed by atoms with Crippen LogP contribution in [0, 0.1) is 0 Å². The first kappa shape index (κ1) is 15.0. The van der Waals surface area contributed by atoms with Gasteiger partial charge in [-0.15, -0.1) is 0 Å². The Morgan fingerprint density at radius 2 is 1.90 bits per heavy atom. The Morgan fingerprint density at radius 3 is 2.48 bits per heavy atom. The summed E-state index contributed by atoms with van der Waals surface area (Å²) >= 11 is 0. The van der Waals surface area contributed by atoms with Crippen molar-refractivity contribution in [2.24, 2.45) is 0 Å². The van der Waals surface area contributed by atoms with Gasteiger partial charge in [-0.1, -0.05) is 12.1 Å². The Hall–Kier alpha value is -2.40. The second-order valence-corrected chi connectivity index (χ2v) is 4.34. The van der Waals surface area contributed by atoms with E-state index in [1.165, 1.54) is 0 Å². The summed E-state index contributed by atoms with van der Waals surface area (Å²) in [6.07, 6.45) is 0. The van der Waals surface area contributed by atoms with Gasteiger partial charge in [0.05, 0.1) is 26.0 Å². The average Bonchev–Trinajstić information content (AvgIpc) is 2.54. The summed E-state index contributed by atoms with van der Waals surface area (Å²) in [6.45, 7) is 1.77. The zero-order chi connectivity index (χ0) is 15.2. The number of methoxy groups -OCH3 is 1. The van der Waals surface area contributed by atoms with Crippen molar-refractivity contribution in [1.82, 2.24) is 4.98 Å². The molecule has 0 aliphatic carbocycles. The molecule has 1 aromatic heterocycles. The largest absolute Gasteiger partial charge is 0.497 e. The second-order valence-electron chi connectivity index (χ2n) is 4.34. The number of aliphatic hydroxyl groups is 1. The molecule has 0 unspecified atom stereocenters. The number of hydrogen-bond acceptors (Lipinski definition) is 5. The van der Waals surface area contributed by atoms with E-state index in [-0.39, 0.29) is 18.9 Å². The van der Waals surface area contributed by atoms with E-state index in [9.17, 15) is 9.90 Å². The van der Waals surface area contributed by atoms with Crippen LogP contribution in [0.4, 0.5) is 0 Å². The fraction of sp³-hybridized carbons (Fsp3) is 0.250. The Balaban J connectivity index is 2.41.